The molecule has 2 heterocycles. The number of hydrogen-bond acceptors (Lipinski definition) is 5. The monoisotopic (exact) mass is 417 g/mol. The molecule has 0 radical (unpaired) electrons. The summed E-state index contributed by atoms with van der Waals surface area (Å²) in [6, 6.07) is 17.2. The fourth-order valence-corrected chi connectivity index (χ4v) is 3.20. The molecule has 4 rings (SSSR count). The van der Waals surface area contributed by atoms with Crippen LogP contribution in [0.5, 0.6) is 0 Å². The van der Waals surface area contributed by atoms with Crippen LogP contribution in [0.3, 0.4) is 0 Å². The van der Waals surface area contributed by atoms with Crippen LogP contribution in [-0.2, 0) is 11.2 Å². The highest BCUT2D eigenvalue weighted by Crippen LogP contribution is 2.24. The molecule has 2 aromatic carbocycles. The number of anilines is 1. The molecule has 0 spiro atoms. The molecule has 0 saturated heterocycles. The SMILES string of the molecule is CC(C)c1nc2cc(NC(=O)[C@H](Cc3ccccc3)NC(=O)c3ccco3)ccc2o1. The Balaban J connectivity index is 1.54. The Kier molecular flexibility index (Phi) is 5.84. The number of fused-ring (bicyclic) bond motifs is 1. The van der Waals surface area contributed by atoms with Gasteiger partial charge >= 0.3 is 0 Å². The molecule has 0 bridgehead atoms. The molecule has 158 valence electrons. The number of nitrogens with one attached hydrogen (secondary N) is 2. The Morgan fingerprint density at radius 2 is 1.84 bits per heavy atom. The van der Waals surface area contributed by atoms with Gasteiger partial charge in [-0.15, -0.1) is 0 Å². The molecule has 2 amide bonds. The van der Waals surface area contributed by atoms with Gasteiger partial charge in [-0.25, -0.2) is 4.98 Å². The van der Waals surface area contributed by atoms with Crippen molar-refractivity contribution in [2.75, 3.05) is 5.32 Å². The number of amides is 2. The molecule has 7 heteroatoms. The van der Waals surface area contributed by atoms with Gasteiger partial charge < -0.3 is 19.5 Å². The highest BCUT2D eigenvalue weighted by Gasteiger charge is 2.23. The van der Waals surface area contributed by atoms with E-state index in [9.17, 15) is 9.59 Å². The lowest BCUT2D eigenvalue weighted by molar-refractivity contribution is -0.118. The van der Waals surface area contributed by atoms with Gasteiger partial charge in [-0.1, -0.05) is 44.2 Å². The Bertz CT molecular complexity index is 1180. The van der Waals surface area contributed by atoms with E-state index < -0.39 is 11.9 Å². The van der Waals surface area contributed by atoms with E-state index in [1.807, 2.05) is 44.2 Å². The van der Waals surface area contributed by atoms with Gasteiger partial charge in [0.15, 0.2) is 17.2 Å². The number of nitrogens with zero attached hydrogens (tertiary/aromatic N) is 1. The molecule has 7 nitrogen and oxygen atoms in total. The quantitative estimate of drug-likeness (QED) is 0.461. The zero-order chi connectivity index (χ0) is 21.8. The summed E-state index contributed by atoms with van der Waals surface area (Å²) in [6.07, 6.45) is 1.75. The summed E-state index contributed by atoms with van der Waals surface area (Å²) >= 11 is 0. The van der Waals surface area contributed by atoms with E-state index in [0.717, 1.165) is 5.56 Å². The second-order valence-electron chi connectivity index (χ2n) is 7.57. The normalized spacial score (nSPS) is 12.1. The molecule has 0 fully saturated rings. The van der Waals surface area contributed by atoms with Gasteiger partial charge in [0, 0.05) is 18.0 Å². The van der Waals surface area contributed by atoms with Crippen molar-refractivity contribution < 1.29 is 18.4 Å². The summed E-state index contributed by atoms with van der Waals surface area (Å²) in [5.74, 6) is 0.171. The molecule has 0 aliphatic rings. The average Bonchev–Trinajstić information content (AvgIpc) is 3.44. The van der Waals surface area contributed by atoms with E-state index in [4.69, 9.17) is 8.83 Å². The molecular weight excluding hydrogens is 394 g/mol. The largest absolute Gasteiger partial charge is 0.459 e. The number of oxazole rings is 1. The van der Waals surface area contributed by atoms with Crippen molar-refractivity contribution in [3.63, 3.8) is 0 Å². The van der Waals surface area contributed by atoms with E-state index in [2.05, 4.69) is 15.6 Å². The second-order valence-corrected chi connectivity index (χ2v) is 7.57. The maximum absolute atomic E-state index is 13.1. The van der Waals surface area contributed by atoms with Gasteiger partial charge in [0.2, 0.25) is 5.91 Å². The number of carbonyl (C=O) groups is 2. The molecule has 31 heavy (non-hydrogen) atoms. The van der Waals surface area contributed by atoms with Gasteiger partial charge in [-0.05, 0) is 35.9 Å². The first-order valence-electron chi connectivity index (χ1n) is 10.1. The number of carbonyl (C=O) groups excluding carboxylic acids is 2. The van der Waals surface area contributed by atoms with Gasteiger partial charge in [0.1, 0.15) is 11.6 Å². The fourth-order valence-electron chi connectivity index (χ4n) is 3.20. The minimum atomic E-state index is -0.792. The summed E-state index contributed by atoms with van der Waals surface area (Å²) in [4.78, 5) is 30.0. The lowest BCUT2D eigenvalue weighted by Gasteiger charge is -2.18. The van der Waals surface area contributed by atoms with Crippen molar-refractivity contribution >= 4 is 28.6 Å². The van der Waals surface area contributed by atoms with E-state index in [1.165, 1.54) is 6.26 Å². The number of aromatic nitrogens is 1. The van der Waals surface area contributed by atoms with E-state index in [1.54, 1.807) is 30.3 Å². The van der Waals surface area contributed by atoms with Crippen molar-refractivity contribution in [2.24, 2.45) is 0 Å². The van der Waals surface area contributed by atoms with E-state index in [-0.39, 0.29) is 17.6 Å². The number of benzene rings is 2. The summed E-state index contributed by atoms with van der Waals surface area (Å²) in [5, 5.41) is 5.64. The Morgan fingerprint density at radius 1 is 1.03 bits per heavy atom. The number of rotatable bonds is 7. The molecule has 1 atom stereocenters. The van der Waals surface area contributed by atoms with Crippen molar-refractivity contribution in [1.29, 1.82) is 0 Å². The third-order valence-electron chi connectivity index (χ3n) is 4.81. The Hall–Kier alpha value is -3.87. The number of hydrogen-bond donors (Lipinski definition) is 2. The standard InChI is InChI=1S/C24H23N3O4/c1-15(2)24-27-18-14-17(10-11-20(18)31-24)25-22(28)19(13-16-7-4-3-5-8-16)26-23(29)21-9-6-12-30-21/h3-12,14-15,19H,13H2,1-2H3,(H,25,28)(H,26,29)/t19-/m0/s1. The minimum Gasteiger partial charge on any atom is -0.459 e. The molecular formula is C24H23N3O4. The summed E-state index contributed by atoms with van der Waals surface area (Å²) in [5.41, 5.74) is 2.83. The van der Waals surface area contributed by atoms with Crippen molar-refractivity contribution in [1.82, 2.24) is 10.3 Å². The summed E-state index contributed by atoms with van der Waals surface area (Å²) in [7, 11) is 0. The summed E-state index contributed by atoms with van der Waals surface area (Å²) in [6.45, 7) is 4.01. The maximum atomic E-state index is 13.1. The smallest absolute Gasteiger partial charge is 0.287 e. The van der Waals surface area contributed by atoms with Crippen molar-refractivity contribution in [2.45, 2.75) is 32.2 Å². The van der Waals surface area contributed by atoms with Crippen molar-refractivity contribution in [3.8, 4) is 0 Å². The predicted octanol–water partition coefficient (Wildman–Crippen LogP) is 4.52. The first kappa shape index (κ1) is 20.4. The number of furan rings is 1. The molecule has 0 aliphatic heterocycles. The van der Waals surface area contributed by atoms with Gasteiger partial charge in [-0.2, -0.15) is 0 Å². The lowest BCUT2D eigenvalue weighted by Crippen LogP contribution is -2.45. The fraction of sp³-hybridized carbons (Fsp3) is 0.208. The van der Waals surface area contributed by atoms with Crippen LogP contribution in [0.15, 0.2) is 75.8 Å². The highest BCUT2D eigenvalue weighted by molar-refractivity contribution is 6.01. The van der Waals surface area contributed by atoms with Crippen LogP contribution in [0.25, 0.3) is 11.1 Å². The first-order chi connectivity index (χ1) is 15.0. The van der Waals surface area contributed by atoms with Crippen LogP contribution < -0.4 is 10.6 Å². The van der Waals surface area contributed by atoms with Crippen LogP contribution in [0.1, 0.15) is 41.8 Å². The second kappa shape index (κ2) is 8.87. The Morgan fingerprint density at radius 3 is 2.55 bits per heavy atom. The average molecular weight is 417 g/mol. The third kappa shape index (κ3) is 4.83. The van der Waals surface area contributed by atoms with Crippen molar-refractivity contribution in [3.05, 3.63) is 84.1 Å². The Labute approximate surface area is 179 Å². The molecule has 4 aromatic rings. The molecule has 2 N–H and O–H groups in total. The first-order valence-corrected chi connectivity index (χ1v) is 10.1. The zero-order valence-corrected chi connectivity index (χ0v) is 17.3. The predicted molar refractivity (Wildman–Crippen MR) is 117 cm³/mol. The summed E-state index contributed by atoms with van der Waals surface area (Å²) < 4.78 is 10.9. The van der Waals surface area contributed by atoms with Crippen LogP contribution in [0, 0.1) is 0 Å². The molecule has 0 saturated carbocycles. The molecule has 0 unspecified atom stereocenters. The molecule has 0 aliphatic carbocycles. The van der Waals surface area contributed by atoms with Gasteiger partial charge in [-0.3, -0.25) is 9.59 Å². The topological polar surface area (TPSA) is 97.4 Å². The van der Waals surface area contributed by atoms with E-state index in [0.29, 0.717) is 29.1 Å². The minimum absolute atomic E-state index is 0.149. The van der Waals surface area contributed by atoms with Gasteiger partial charge in [0.25, 0.3) is 5.91 Å². The third-order valence-corrected chi connectivity index (χ3v) is 4.81. The highest BCUT2D eigenvalue weighted by atomic mass is 16.3. The van der Waals surface area contributed by atoms with Crippen LogP contribution >= 0.6 is 0 Å². The molecule has 2 aromatic heterocycles. The van der Waals surface area contributed by atoms with Crippen LogP contribution in [-0.4, -0.2) is 22.8 Å². The zero-order valence-electron chi connectivity index (χ0n) is 17.3. The van der Waals surface area contributed by atoms with Crippen LogP contribution in [0.2, 0.25) is 0 Å². The van der Waals surface area contributed by atoms with E-state index >= 15 is 0 Å². The lowest BCUT2D eigenvalue weighted by atomic mass is 10.0. The van der Waals surface area contributed by atoms with Crippen LogP contribution in [0.4, 0.5) is 5.69 Å². The maximum Gasteiger partial charge on any atom is 0.287 e. The van der Waals surface area contributed by atoms with Gasteiger partial charge in [0.05, 0.1) is 6.26 Å².